The normalized spacial score (nSPS) is 16.9. The summed E-state index contributed by atoms with van der Waals surface area (Å²) in [6.45, 7) is 1.99. The number of rotatable bonds is 5. The molecule has 0 aliphatic carbocycles. The summed E-state index contributed by atoms with van der Waals surface area (Å²) in [7, 11) is 3.48. The van der Waals surface area contributed by atoms with Crippen molar-refractivity contribution in [2.24, 2.45) is 10.7 Å². The number of fused-ring (bicyclic) bond motifs is 1. The average Bonchev–Trinajstić information content (AvgIpc) is 2.86. The molecule has 0 spiro atoms. The number of carbonyl (C=O) groups excluding carboxylic acids is 1. The van der Waals surface area contributed by atoms with E-state index in [0.717, 1.165) is 33.8 Å². The monoisotopic (exact) mass is 390 g/mol. The van der Waals surface area contributed by atoms with Crippen molar-refractivity contribution >= 4 is 41.1 Å². The molecule has 0 unspecified atom stereocenters. The number of benzene rings is 2. The van der Waals surface area contributed by atoms with E-state index in [1.807, 2.05) is 50.4 Å². The predicted molar refractivity (Wildman–Crippen MR) is 122 cm³/mol. The molecule has 1 aliphatic heterocycles. The summed E-state index contributed by atoms with van der Waals surface area (Å²) in [5, 5.41) is 17.2. The van der Waals surface area contributed by atoms with Gasteiger partial charge in [-0.3, -0.25) is 9.79 Å². The Morgan fingerprint density at radius 1 is 1.34 bits per heavy atom. The molecule has 0 bridgehead atoms. The Bertz CT molecular complexity index is 1010. The number of hydrogen-bond donors (Lipinski definition) is 5. The lowest BCUT2D eigenvalue weighted by molar-refractivity contribution is -0.116. The predicted octanol–water partition coefficient (Wildman–Crippen LogP) is 3.56. The van der Waals surface area contributed by atoms with Gasteiger partial charge in [0.1, 0.15) is 0 Å². The first kappa shape index (κ1) is 20.1. The molecule has 1 aliphatic rings. The van der Waals surface area contributed by atoms with Gasteiger partial charge in [-0.25, -0.2) is 0 Å². The van der Waals surface area contributed by atoms with E-state index in [1.165, 1.54) is 6.21 Å². The third-order valence-electron chi connectivity index (χ3n) is 4.85. The second-order valence-corrected chi connectivity index (χ2v) is 6.94. The maximum absolute atomic E-state index is 12.1. The third-order valence-corrected chi connectivity index (χ3v) is 4.85. The zero-order chi connectivity index (χ0) is 21.0. The van der Waals surface area contributed by atoms with Crippen molar-refractivity contribution in [1.29, 1.82) is 5.41 Å². The summed E-state index contributed by atoms with van der Waals surface area (Å²) in [4.78, 5) is 16.1. The minimum absolute atomic E-state index is 0.00576. The van der Waals surface area contributed by atoms with E-state index in [-0.39, 0.29) is 11.9 Å². The van der Waals surface area contributed by atoms with Crippen LogP contribution in [0.4, 0.5) is 17.1 Å². The Hall–Kier alpha value is -3.61. The molecule has 1 atom stereocenters. The Balaban J connectivity index is 2.18. The fourth-order valence-electron chi connectivity index (χ4n) is 3.46. The summed E-state index contributed by atoms with van der Waals surface area (Å²) in [5.74, 6) is -0.00576. The van der Waals surface area contributed by atoms with E-state index < -0.39 is 0 Å². The average molecular weight is 390 g/mol. The number of nitrogens with two attached hydrogens (primary N) is 1. The molecule has 7 nitrogen and oxygen atoms in total. The van der Waals surface area contributed by atoms with Crippen molar-refractivity contribution in [2.75, 3.05) is 30.0 Å². The number of carbonyl (C=O) groups is 1. The number of para-hydroxylation sites is 1. The van der Waals surface area contributed by atoms with Gasteiger partial charge in [-0.2, -0.15) is 0 Å². The first-order valence-electron chi connectivity index (χ1n) is 9.42. The van der Waals surface area contributed by atoms with Crippen molar-refractivity contribution in [3.63, 3.8) is 0 Å². The molecule has 150 valence electrons. The maximum atomic E-state index is 12.1. The maximum Gasteiger partial charge on any atom is 0.226 e. The highest BCUT2D eigenvalue weighted by Gasteiger charge is 2.21. The minimum Gasteiger partial charge on any atom is -0.398 e. The van der Waals surface area contributed by atoms with E-state index in [4.69, 9.17) is 11.1 Å². The molecule has 7 heteroatoms. The van der Waals surface area contributed by atoms with Gasteiger partial charge in [-0.1, -0.05) is 18.2 Å². The number of anilines is 3. The lowest BCUT2D eigenvalue weighted by Gasteiger charge is -2.18. The quantitative estimate of drug-likeness (QED) is 0.502. The first-order valence-corrected chi connectivity index (χ1v) is 9.42. The third kappa shape index (κ3) is 4.13. The lowest BCUT2D eigenvalue weighted by atomic mass is 9.96. The van der Waals surface area contributed by atoms with E-state index in [1.54, 1.807) is 13.3 Å². The number of amides is 1. The van der Waals surface area contributed by atoms with Gasteiger partial charge in [0.2, 0.25) is 5.91 Å². The molecule has 0 aromatic heterocycles. The van der Waals surface area contributed by atoms with Crippen LogP contribution in [0.15, 0.2) is 47.0 Å². The van der Waals surface area contributed by atoms with Crippen molar-refractivity contribution < 1.29 is 4.79 Å². The number of allylic oxidation sites excluding steroid dienone is 1. The van der Waals surface area contributed by atoms with Gasteiger partial charge in [0.15, 0.2) is 0 Å². The molecular formula is C22H26N6O. The van der Waals surface area contributed by atoms with Crippen LogP contribution in [0.25, 0.3) is 16.8 Å². The zero-order valence-electron chi connectivity index (χ0n) is 16.8. The molecule has 2 aromatic carbocycles. The highest BCUT2D eigenvalue weighted by atomic mass is 16.1. The fourth-order valence-corrected chi connectivity index (χ4v) is 3.46. The van der Waals surface area contributed by atoms with E-state index >= 15 is 0 Å². The summed E-state index contributed by atoms with van der Waals surface area (Å²) in [6.07, 6.45) is 3.18. The van der Waals surface area contributed by atoms with Crippen LogP contribution in [0.5, 0.6) is 0 Å². The van der Waals surface area contributed by atoms with Crippen LogP contribution in [0.3, 0.4) is 0 Å². The number of nitrogens with one attached hydrogen (secondary N) is 4. The summed E-state index contributed by atoms with van der Waals surface area (Å²) < 4.78 is 0. The molecule has 1 heterocycles. The van der Waals surface area contributed by atoms with Gasteiger partial charge in [0, 0.05) is 61.4 Å². The van der Waals surface area contributed by atoms with Gasteiger partial charge in [0.25, 0.3) is 0 Å². The molecule has 0 saturated carbocycles. The van der Waals surface area contributed by atoms with Crippen LogP contribution in [0.1, 0.15) is 18.9 Å². The molecule has 3 rings (SSSR count). The van der Waals surface area contributed by atoms with Crippen LogP contribution >= 0.6 is 0 Å². The molecule has 0 radical (unpaired) electrons. The molecule has 2 aromatic rings. The Morgan fingerprint density at radius 2 is 2.14 bits per heavy atom. The largest absolute Gasteiger partial charge is 0.398 e. The van der Waals surface area contributed by atoms with Gasteiger partial charge in [-0.05, 0) is 30.7 Å². The van der Waals surface area contributed by atoms with Crippen molar-refractivity contribution in [3.8, 4) is 11.1 Å². The summed E-state index contributed by atoms with van der Waals surface area (Å²) in [5.41, 5.74) is 12.6. The van der Waals surface area contributed by atoms with E-state index in [9.17, 15) is 4.79 Å². The highest BCUT2D eigenvalue weighted by Crippen LogP contribution is 2.38. The van der Waals surface area contributed by atoms with E-state index in [0.29, 0.717) is 17.7 Å². The Kier molecular flexibility index (Phi) is 5.97. The molecule has 29 heavy (non-hydrogen) atoms. The minimum atomic E-state index is -0.00576. The second-order valence-electron chi connectivity index (χ2n) is 6.94. The molecule has 0 fully saturated rings. The van der Waals surface area contributed by atoms with Crippen LogP contribution in [-0.2, 0) is 4.79 Å². The lowest BCUT2D eigenvalue weighted by Crippen LogP contribution is -2.19. The van der Waals surface area contributed by atoms with Crippen LogP contribution < -0.4 is 21.7 Å². The smallest absolute Gasteiger partial charge is 0.226 e. The molecule has 0 saturated heterocycles. The zero-order valence-corrected chi connectivity index (χ0v) is 16.8. The number of hydrogen-bond acceptors (Lipinski definition) is 6. The van der Waals surface area contributed by atoms with Crippen molar-refractivity contribution in [2.45, 2.75) is 19.4 Å². The highest BCUT2D eigenvalue weighted by molar-refractivity contribution is 6.11. The van der Waals surface area contributed by atoms with Gasteiger partial charge >= 0.3 is 0 Å². The van der Waals surface area contributed by atoms with Crippen LogP contribution in [0.2, 0.25) is 0 Å². The van der Waals surface area contributed by atoms with Crippen molar-refractivity contribution in [3.05, 3.63) is 47.5 Å². The van der Waals surface area contributed by atoms with Crippen LogP contribution in [-0.4, -0.2) is 38.5 Å². The fraction of sp³-hybridized carbons (Fsp3) is 0.227. The van der Waals surface area contributed by atoms with E-state index in [2.05, 4.69) is 20.9 Å². The Labute approximate surface area is 170 Å². The van der Waals surface area contributed by atoms with Gasteiger partial charge < -0.3 is 27.1 Å². The van der Waals surface area contributed by atoms with Gasteiger partial charge in [-0.15, -0.1) is 0 Å². The number of aliphatic imine (C=N–C) groups is 1. The summed E-state index contributed by atoms with van der Waals surface area (Å²) in [6, 6.07) is 11.8. The SMILES string of the molecule is CN=CC(C=N)=C(N)c1cc(-c2cccc3c2N[C@H](C)CC(=O)N3)ccc1NC. The Morgan fingerprint density at radius 3 is 2.83 bits per heavy atom. The van der Waals surface area contributed by atoms with Gasteiger partial charge in [0.05, 0.1) is 17.1 Å². The first-order chi connectivity index (χ1) is 14.0. The second kappa shape index (κ2) is 8.60. The molecule has 1 amide bonds. The summed E-state index contributed by atoms with van der Waals surface area (Å²) >= 11 is 0. The topological polar surface area (TPSA) is 115 Å². The molecule has 6 N–H and O–H groups in total. The standard InChI is InChI=1S/C22H26N6O/c1-13-9-20(29)28-19-6-4-5-16(22(19)27-13)14-7-8-18(26-3)17(10-14)21(24)15(11-23)12-25-2/h4-8,10-13,23,26-27H,9,24H2,1-3H3,(H,28,29)/t13-/m1/s1. The van der Waals surface area contributed by atoms with Crippen molar-refractivity contribution in [1.82, 2.24) is 0 Å². The number of nitrogens with zero attached hydrogens (tertiary/aromatic N) is 1. The van der Waals surface area contributed by atoms with Crippen LogP contribution in [0, 0.1) is 5.41 Å². The molecular weight excluding hydrogens is 364 g/mol.